The predicted molar refractivity (Wildman–Crippen MR) is 84.8 cm³/mol. The van der Waals surface area contributed by atoms with E-state index in [4.69, 9.17) is 0 Å². The van der Waals surface area contributed by atoms with E-state index in [0.29, 0.717) is 12.1 Å². The molecule has 3 aromatic heterocycles. The van der Waals surface area contributed by atoms with Gasteiger partial charge in [-0.15, -0.1) is 0 Å². The summed E-state index contributed by atoms with van der Waals surface area (Å²) in [6.07, 6.45) is 8.17. The number of aryl methyl sites for hydroxylation is 1. The first-order valence-corrected chi connectivity index (χ1v) is 7.23. The van der Waals surface area contributed by atoms with Crippen molar-refractivity contribution in [2.75, 3.05) is 13.6 Å². The van der Waals surface area contributed by atoms with Gasteiger partial charge >= 0.3 is 0 Å². The van der Waals surface area contributed by atoms with Gasteiger partial charge in [0.2, 0.25) is 0 Å². The average Bonchev–Trinajstić information content (AvgIpc) is 2.92. The Labute approximate surface area is 129 Å². The minimum atomic E-state index is 0.0113. The Morgan fingerprint density at radius 3 is 2.82 bits per heavy atom. The lowest BCUT2D eigenvalue weighted by Crippen LogP contribution is -2.28. The topological polar surface area (TPSA) is 50.5 Å². The molecule has 0 N–H and O–H groups in total. The van der Waals surface area contributed by atoms with E-state index < -0.39 is 0 Å². The zero-order chi connectivity index (χ0) is 15.5. The van der Waals surface area contributed by atoms with Gasteiger partial charge in [0, 0.05) is 43.9 Å². The summed E-state index contributed by atoms with van der Waals surface area (Å²) in [7, 11) is 1.82. The van der Waals surface area contributed by atoms with Crippen LogP contribution in [0, 0.1) is 6.92 Å². The second-order valence-electron chi connectivity index (χ2n) is 5.40. The van der Waals surface area contributed by atoms with E-state index in [2.05, 4.69) is 9.97 Å². The smallest absolute Gasteiger partial charge is 0.253 e. The van der Waals surface area contributed by atoms with Crippen LogP contribution in [0.4, 0.5) is 0 Å². The number of hydrogen-bond acceptors (Lipinski definition) is 3. The summed E-state index contributed by atoms with van der Waals surface area (Å²) in [6, 6.07) is 7.60. The monoisotopic (exact) mass is 294 g/mol. The van der Waals surface area contributed by atoms with Crippen molar-refractivity contribution >= 4 is 11.6 Å². The number of rotatable bonds is 4. The largest absolute Gasteiger partial charge is 0.341 e. The van der Waals surface area contributed by atoms with Gasteiger partial charge in [-0.2, -0.15) is 0 Å². The highest BCUT2D eigenvalue weighted by atomic mass is 16.2. The van der Waals surface area contributed by atoms with Gasteiger partial charge in [-0.3, -0.25) is 9.78 Å². The Balaban J connectivity index is 1.71. The minimum absolute atomic E-state index is 0.0113. The molecule has 0 unspecified atom stereocenters. The highest BCUT2D eigenvalue weighted by molar-refractivity contribution is 5.94. The molecule has 0 saturated carbocycles. The van der Waals surface area contributed by atoms with Crippen LogP contribution in [0.5, 0.6) is 0 Å². The number of carbonyl (C=O) groups is 1. The van der Waals surface area contributed by atoms with Crippen molar-refractivity contribution in [1.29, 1.82) is 0 Å². The number of pyridine rings is 2. The van der Waals surface area contributed by atoms with E-state index in [1.165, 1.54) is 5.56 Å². The van der Waals surface area contributed by atoms with Gasteiger partial charge in [-0.25, -0.2) is 4.98 Å². The Kier molecular flexibility index (Phi) is 3.87. The van der Waals surface area contributed by atoms with Crippen molar-refractivity contribution in [3.8, 4) is 0 Å². The van der Waals surface area contributed by atoms with E-state index in [9.17, 15) is 4.79 Å². The first kappa shape index (κ1) is 14.3. The molecule has 3 aromatic rings. The molecule has 112 valence electrons. The summed E-state index contributed by atoms with van der Waals surface area (Å²) < 4.78 is 1.92. The van der Waals surface area contributed by atoms with Crippen molar-refractivity contribution < 1.29 is 4.79 Å². The molecule has 0 spiro atoms. The SMILES string of the molecule is Cc1cn2ccc(C(=O)N(C)CCc3ccncc3)cc2n1. The number of aromatic nitrogens is 3. The molecule has 3 rings (SSSR count). The molecule has 0 saturated heterocycles. The van der Waals surface area contributed by atoms with Crippen LogP contribution in [0.3, 0.4) is 0 Å². The molecule has 0 aliphatic carbocycles. The predicted octanol–water partition coefficient (Wildman–Crippen LogP) is 2.35. The maximum Gasteiger partial charge on any atom is 0.253 e. The standard InChI is InChI=1S/C17H18N4O/c1-13-12-21-10-6-15(11-16(21)19-13)17(22)20(2)9-5-14-3-7-18-8-4-14/h3-4,6-8,10-12H,5,9H2,1-2H3. The lowest BCUT2D eigenvalue weighted by Gasteiger charge is -2.17. The van der Waals surface area contributed by atoms with Crippen LogP contribution in [-0.2, 0) is 6.42 Å². The van der Waals surface area contributed by atoms with E-state index in [0.717, 1.165) is 17.8 Å². The molecular formula is C17H18N4O. The first-order chi connectivity index (χ1) is 10.6. The van der Waals surface area contributed by atoms with Gasteiger partial charge in [0.15, 0.2) is 0 Å². The van der Waals surface area contributed by atoms with Gasteiger partial charge in [-0.05, 0) is 43.2 Å². The summed E-state index contributed by atoms with van der Waals surface area (Å²) in [5.41, 5.74) is 3.57. The fourth-order valence-electron chi connectivity index (χ4n) is 2.41. The molecule has 0 aliphatic rings. The highest BCUT2D eigenvalue weighted by Crippen LogP contribution is 2.10. The molecule has 1 amide bonds. The molecule has 5 nitrogen and oxygen atoms in total. The number of hydrogen-bond donors (Lipinski definition) is 0. The third-order valence-corrected chi connectivity index (χ3v) is 3.66. The maximum atomic E-state index is 12.5. The van der Waals surface area contributed by atoms with Crippen LogP contribution >= 0.6 is 0 Å². The van der Waals surface area contributed by atoms with Crippen LogP contribution in [0.2, 0.25) is 0 Å². The molecular weight excluding hydrogens is 276 g/mol. The van der Waals surface area contributed by atoms with E-state index in [1.807, 2.05) is 55.0 Å². The molecule has 0 bridgehead atoms. The number of carbonyl (C=O) groups excluding carboxylic acids is 1. The van der Waals surface area contributed by atoms with Gasteiger partial charge in [0.25, 0.3) is 5.91 Å². The third-order valence-electron chi connectivity index (χ3n) is 3.66. The van der Waals surface area contributed by atoms with Crippen LogP contribution in [0.1, 0.15) is 21.6 Å². The number of likely N-dealkylation sites (N-methyl/N-ethyl adjacent to an activating group) is 1. The van der Waals surface area contributed by atoms with Crippen molar-refractivity contribution in [2.45, 2.75) is 13.3 Å². The minimum Gasteiger partial charge on any atom is -0.341 e. The molecule has 5 heteroatoms. The first-order valence-electron chi connectivity index (χ1n) is 7.23. The summed E-state index contributed by atoms with van der Waals surface area (Å²) in [6.45, 7) is 2.61. The summed E-state index contributed by atoms with van der Waals surface area (Å²) in [4.78, 5) is 22.6. The summed E-state index contributed by atoms with van der Waals surface area (Å²) in [5.74, 6) is 0.0113. The summed E-state index contributed by atoms with van der Waals surface area (Å²) in [5, 5.41) is 0. The molecule has 0 radical (unpaired) electrons. The quantitative estimate of drug-likeness (QED) is 0.742. The van der Waals surface area contributed by atoms with Gasteiger partial charge < -0.3 is 9.30 Å². The molecule has 3 heterocycles. The van der Waals surface area contributed by atoms with Gasteiger partial charge in [0.05, 0.1) is 5.69 Å². The number of nitrogens with zero attached hydrogens (tertiary/aromatic N) is 4. The third kappa shape index (κ3) is 2.98. The van der Waals surface area contributed by atoms with Gasteiger partial charge in [-0.1, -0.05) is 0 Å². The fourth-order valence-corrected chi connectivity index (χ4v) is 2.41. The van der Waals surface area contributed by atoms with Crippen LogP contribution in [0.15, 0.2) is 49.1 Å². The molecule has 0 fully saturated rings. The van der Waals surface area contributed by atoms with Crippen molar-refractivity contribution in [3.63, 3.8) is 0 Å². The highest BCUT2D eigenvalue weighted by Gasteiger charge is 2.12. The second kappa shape index (κ2) is 5.97. The molecule has 0 aromatic carbocycles. The Hall–Kier alpha value is -2.69. The van der Waals surface area contributed by atoms with Crippen LogP contribution < -0.4 is 0 Å². The number of imidazole rings is 1. The lowest BCUT2D eigenvalue weighted by molar-refractivity contribution is 0.0796. The summed E-state index contributed by atoms with van der Waals surface area (Å²) >= 11 is 0. The Morgan fingerprint density at radius 1 is 1.27 bits per heavy atom. The maximum absolute atomic E-state index is 12.5. The normalized spacial score (nSPS) is 10.8. The van der Waals surface area contributed by atoms with E-state index in [-0.39, 0.29) is 5.91 Å². The number of fused-ring (bicyclic) bond motifs is 1. The zero-order valence-corrected chi connectivity index (χ0v) is 12.7. The lowest BCUT2D eigenvalue weighted by atomic mass is 10.2. The van der Waals surface area contributed by atoms with Crippen molar-refractivity contribution in [1.82, 2.24) is 19.3 Å². The van der Waals surface area contributed by atoms with Crippen LogP contribution in [-0.4, -0.2) is 38.8 Å². The van der Waals surface area contributed by atoms with Crippen molar-refractivity contribution in [2.24, 2.45) is 0 Å². The van der Waals surface area contributed by atoms with E-state index >= 15 is 0 Å². The van der Waals surface area contributed by atoms with Crippen LogP contribution in [0.25, 0.3) is 5.65 Å². The average molecular weight is 294 g/mol. The molecule has 22 heavy (non-hydrogen) atoms. The number of amides is 1. The van der Waals surface area contributed by atoms with E-state index in [1.54, 1.807) is 17.3 Å². The Morgan fingerprint density at radius 2 is 2.05 bits per heavy atom. The van der Waals surface area contributed by atoms with Gasteiger partial charge in [0.1, 0.15) is 5.65 Å². The zero-order valence-electron chi connectivity index (χ0n) is 12.7. The Bertz CT molecular complexity index is 795. The molecule has 0 atom stereocenters. The van der Waals surface area contributed by atoms with Crippen molar-refractivity contribution in [3.05, 3.63) is 65.9 Å². The second-order valence-corrected chi connectivity index (χ2v) is 5.40. The molecule has 0 aliphatic heterocycles. The fraction of sp³-hybridized carbons (Fsp3) is 0.235.